The van der Waals surface area contributed by atoms with Gasteiger partial charge in [-0.25, -0.2) is 9.78 Å². The van der Waals surface area contributed by atoms with E-state index in [0.29, 0.717) is 47.9 Å². The number of carboxylic acid groups (broad SMARTS) is 1. The summed E-state index contributed by atoms with van der Waals surface area (Å²) in [6.45, 7) is 3.00. The van der Waals surface area contributed by atoms with Gasteiger partial charge in [0.2, 0.25) is 5.95 Å². The predicted octanol–water partition coefficient (Wildman–Crippen LogP) is 2.25. The number of nitrogens with zero attached hydrogens (tertiary/aromatic N) is 8. The molecule has 1 saturated heterocycles. The monoisotopic (exact) mass is 510 g/mol. The van der Waals surface area contributed by atoms with Crippen molar-refractivity contribution in [3.63, 3.8) is 0 Å². The van der Waals surface area contributed by atoms with Gasteiger partial charge < -0.3 is 30.6 Å². The van der Waals surface area contributed by atoms with Crippen LogP contribution in [0.2, 0.25) is 5.02 Å². The maximum atomic E-state index is 11.3. The number of aromatic nitrogens is 4. The molecule has 1 aliphatic heterocycles. The Hall–Kier alpha value is -4.33. The van der Waals surface area contributed by atoms with Gasteiger partial charge in [0.1, 0.15) is 6.07 Å². The zero-order valence-corrected chi connectivity index (χ0v) is 20.2. The highest BCUT2D eigenvalue weighted by atomic mass is 35.5. The summed E-state index contributed by atoms with van der Waals surface area (Å²) in [7, 11) is 1.42. The zero-order valence-electron chi connectivity index (χ0n) is 19.5. The number of piperidine rings is 1. The summed E-state index contributed by atoms with van der Waals surface area (Å²) in [4.78, 5) is 22.9. The molecule has 3 aromatic rings. The van der Waals surface area contributed by atoms with Crippen molar-refractivity contribution in [2.24, 2.45) is 0 Å². The Morgan fingerprint density at radius 1 is 1.36 bits per heavy atom. The second kappa shape index (κ2) is 10.1. The van der Waals surface area contributed by atoms with Crippen LogP contribution in [0.25, 0.3) is 5.65 Å². The molecular formula is C22H23ClN10O3. The van der Waals surface area contributed by atoms with Crippen molar-refractivity contribution in [2.45, 2.75) is 25.5 Å². The van der Waals surface area contributed by atoms with Crippen LogP contribution in [-0.4, -0.2) is 79.6 Å². The first-order valence-electron chi connectivity index (χ1n) is 11.1. The van der Waals surface area contributed by atoms with Crippen molar-refractivity contribution < 1.29 is 15.0 Å². The summed E-state index contributed by atoms with van der Waals surface area (Å²) in [5.41, 5.74) is 1.77. The molecule has 3 heterocycles. The Kier molecular flexibility index (Phi) is 6.96. The van der Waals surface area contributed by atoms with Crippen LogP contribution in [0.4, 0.5) is 27.9 Å². The lowest BCUT2D eigenvalue weighted by molar-refractivity contribution is 0.0497. The highest BCUT2D eigenvalue weighted by Crippen LogP contribution is 2.37. The van der Waals surface area contributed by atoms with E-state index < -0.39 is 18.2 Å². The van der Waals surface area contributed by atoms with Gasteiger partial charge in [0.25, 0.3) is 0 Å². The maximum Gasteiger partial charge on any atom is 0.407 e. The van der Waals surface area contributed by atoms with E-state index in [4.69, 9.17) is 11.6 Å². The molecule has 1 fully saturated rings. The number of anilines is 4. The van der Waals surface area contributed by atoms with E-state index in [1.54, 1.807) is 12.1 Å². The summed E-state index contributed by atoms with van der Waals surface area (Å²) in [5.74, 6) is 0.537. The standard InChI is InChI=1S/C22H23ClN10O3/c1-3-26-19-20-27-10-13(9-25)33(20)30-21(29-19)28-14-6-12(8-24)7-16(18(14)23)32-5-4-15(17(34)11-32)31(2)22(35)36/h6-7,10,15,17,34H,3-5,11H2,1-2H3,(H,35,36)(H2,26,28,29,30)/t15-,17+/m0/s1. The lowest BCUT2D eigenvalue weighted by Gasteiger charge is -2.40. The third-order valence-corrected chi connectivity index (χ3v) is 6.33. The van der Waals surface area contributed by atoms with Crippen LogP contribution in [0, 0.1) is 22.7 Å². The van der Waals surface area contributed by atoms with E-state index in [1.807, 2.05) is 17.9 Å². The minimum atomic E-state index is -1.12. The number of hydrogen-bond donors (Lipinski definition) is 4. The van der Waals surface area contributed by atoms with Crippen LogP contribution in [0.15, 0.2) is 18.3 Å². The molecule has 1 amide bonds. The predicted molar refractivity (Wildman–Crippen MR) is 132 cm³/mol. The number of β-amino-alcohol motifs (C(OH)–C–C–N with tert-alkyl or cyclic N) is 1. The Labute approximate surface area is 211 Å². The molecule has 0 spiro atoms. The Bertz CT molecular complexity index is 1400. The molecule has 0 radical (unpaired) electrons. The lowest BCUT2D eigenvalue weighted by Crippen LogP contribution is -2.54. The van der Waals surface area contributed by atoms with E-state index in [0.717, 1.165) is 4.90 Å². The first-order chi connectivity index (χ1) is 17.3. The lowest BCUT2D eigenvalue weighted by atomic mass is 9.99. The number of hydrogen-bond acceptors (Lipinski definition) is 10. The maximum absolute atomic E-state index is 11.3. The number of benzene rings is 1. The minimum absolute atomic E-state index is 0.123. The quantitative estimate of drug-likeness (QED) is 0.382. The molecule has 0 bridgehead atoms. The fourth-order valence-electron chi connectivity index (χ4n) is 4.14. The van der Waals surface area contributed by atoms with Gasteiger partial charge in [-0.15, -0.1) is 5.10 Å². The number of rotatable bonds is 6. The number of fused-ring (bicyclic) bond motifs is 1. The van der Waals surface area contributed by atoms with E-state index in [1.165, 1.54) is 17.8 Å². The first-order valence-corrected chi connectivity index (χ1v) is 11.4. The molecular weight excluding hydrogens is 488 g/mol. The van der Waals surface area contributed by atoms with Crippen molar-refractivity contribution in [1.29, 1.82) is 10.5 Å². The fraction of sp³-hybridized carbons (Fsp3) is 0.364. The summed E-state index contributed by atoms with van der Waals surface area (Å²) < 4.78 is 1.36. The van der Waals surface area contributed by atoms with E-state index in [-0.39, 0.29) is 23.2 Å². The third kappa shape index (κ3) is 4.62. The average Bonchev–Trinajstić information content (AvgIpc) is 3.28. The second-order valence-corrected chi connectivity index (χ2v) is 8.54. The summed E-state index contributed by atoms with van der Waals surface area (Å²) >= 11 is 6.73. The van der Waals surface area contributed by atoms with Gasteiger partial charge in [0.05, 0.1) is 46.4 Å². The number of aliphatic hydroxyl groups is 1. The SMILES string of the molecule is CCNc1nc(Nc2cc(C#N)cc(N3CC[C@H](N(C)C(=O)O)[C@H](O)C3)c2Cl)nn2c(C#N)cnc12. The van der Waals surface area contributed by atoms with Crippen LogP contribution in [-0.2, 0) is 0 Å². The van der Waals surface area contributed by atoms with Crippen LogP contribution in [0.5, 0.6) is 0 Å². The molecule has 1 aromatic carbocycles. The molecule has 2 aromatic heterocycles. The number of likely N-dealkylation sites (N-methyl/N-ethyl adjacent to an activating group) is 1. The van der Waals surface area contributed by atoms with Gasteiger partial charge in [-0.3, -0.25) is 0 Å². The molecule has 0 aliphatic carbocycles. The van der Waals surface area contributed by atoms with E-state index >= 15 is 0 Å². The molecule has 14 heteroatoms. The normalized spacial score (nSPS) is 17.3. The Morgan fingerprint density at radius 2 is 2.14 bits per heavy atom. The van der Waals surface area contributed by atoms with Crippen LogP contribution < -0.4 is 15.5 Å². The third-order valence-electron chi connectivity index (χ3n) is 5.94. The fourth-order valence-corrected chi connectivity index (χ4v) is 4.42. The van der Waals surface area contributed by atoms with E-state index in [2.05, 4.69) is 31.8 Å². The van der Waals surface area contributed by atoms with Crippen LogP contribution >= 0.6 is 11.6 Å². The van der Waals surface area contributed by atoms with Gasteiger partial charge in [-0.05, 0) is 25.5 Å². The van der Waals surface area contributed by atoms with Crippen molar-refractivity contribution in [2.75, 3.05) is 42.2 Å². The number of carbonyl (C=O) groups is 1. The molecule has 36 heavy (non-hydrogen) atoms. The number of nitriles is 2. The topological polar surface area (TPSA) is 179 Å². The van der Waals surface area contributed by atoms with Crippen molar-refractivity contribution in [1.82, 2.24) is 24.5 Å². The largest absolute Gasteiger partial charge is 0.465 e. The van der Waals surface area contributed by atoms with E-state index in [9.17, 15) is 25.5 Å². The summed E-state index contributed by atoms with van der Waals surface area (Å²) in [5, 5.41) is 49.6. The van der Waals surface area contributed by atoms with Crippen molar-refractivity contribution in [3.8, 4) is 12.1 Å². The van der Waals surface area contributed by atoms with Gasteiger partial charge in [0, 0.05) is 26.7 Å². The summed E-state index contributed by atoms with van der Waals surface area (Å²) in [6, 6.07) is 6.74. The minimum Gasteiger partial charge on any atom is -0.465 e. The molecule has 4 N–H and O–H groups in total. The average molecular weight is 511 g/mol. The molecule has 186 valence electrons. The first kappa shape index (κ1) is 24.8. The van der Waals surface area contributed by atoms with Crippen LogP contribution in [0.3, 0.4) is 0 Å². The van der Waals surface area contributed by atoms with Crippen LogP contribution in [0.1, 0.15) is 24.6 Å². The summed E-state index contributed by atoms with van der Waals surface area (Å²) in [6.07, 6.45) is -0.289. The Balaban J connectivity index is 1.69. The van der Waals surface area contributed by atoms with Gasteiger partial charge in [-0.1, -0.05) is 11.6 Å². The van der Waals surface area contributed by atoms with Gasteiger partial charge in [0.15, 0.2) is 17.2 Å². The highest BCUT2D eigenvalue weighted by molar-refractivity contribution is 6.36. The highest BCUT2D eigenvalue weighted by Gasteiger charge is 2.33. The smallest absolute Gasteiger partial charge is 0.407 e. The zero-order chi connectivity index (χ0) is 26.0. The number of amides is 1. The molecule has 1 aliphatic rings. The second-order valence-electron chi connectivity index (χ2n) is 8.16. The van der Waals surface area contributed by atoms with Crippen molar-refractivity contribution in [3.05, 3.63) is 34.6 Å². The molecule has 0 saturated carbocycles. The molecule has 0 unspecified atom stereocenters. The molecule has 13 nitrogen and oxygen atoms in total. The number of halogens is 1. The van der Waals surface area contributed by atoms with Gasteiger partial charge >= 0.3 is 6.09 Å². The Morgan fingerprint density at radius 3 is 2.78 bits per heavy atom. The number of aliphatic hydroxyl groups excluding tert-OH is 1. The van der Waals surface area contributed by atoms with Crippen molar-refractivity contribution >= 4 is 46.5 Å². The number of imidazole rings is 1. The molecule has 4 rings (SSSR count). The molecule has 2 atom stereocenters. The number of nitrogens with one attached hydrogen (secondary N) is 2. The van der Waals surface area contributed by atoms with Gasteiger partial charge in [-0.2, -0.15) is 20.0 Å².